The molecule has 0 heterocycles. The van der Waals surface area contributed by atoms with E-state index in [4.69, 9.17) is 18.9 Å². The molecule has 3 aromatic rings. The van der Waals surface area contributed by atoms with Gasteiger partial charge in [-0.05, 0) is 104 Å². The Morgan fingerprint density at radius 1 is 0.481 bits per heavy atom. The summed E-state index contributed by atoms with van der Waals surface area (Å²) in [4.78, 5) is 0. The standard InChI is InChI=1S/C44H40I2O6/c1-49-41-37-25-11-13-27(35-31-17-15-29(33(25)35)43(31,47)51-19-21-3-7-23(45)8-4-21)39(37)42(50-2)40-28-14-12-26(38(40)41)34-30-16-18-32(36(28)34)44(30,48)52-20-22-5-9-24(46)10-6-22/h3-18,25-36,47-48H,19-20H2,1-2H3. The number of fused-ring (bicyclic) bond motifs is 4. The van der Waals surface area contributed by atoms with Gasteiger partial charge in [-0.3, -0.25) is 0 Å². The van der Waals surface area contributed by atoms with Gasteiger partial charge >= 0.3 is 0 Å². The molecule has 12 atom stereocenters. The number of rotatable bonds is 8. The number of aliphatic hydroxyl groups is 2. The Morgan fingerprint density at radius 3 is 1.04 bits per heavy atom. The van der Waals surface area contributed by atoms with E-state index in [-0.39, 0.29) is 71.0 Å². The molecule has 0 amide bonds. The highest BCUT2D eigenvalue weighted by Gasteiger charge is 2.71. The summed E-state index contributed by atoms with van der Waals surface area (Å²) in [6.45, 7) is 0.736. The quantitative estimate of drug-likeness (QED) is 0.135. The number of benzene rings is 3. The van der Waals surface area contributed by atoms with E-state index in [9.17, 15) is 10.2 Å². The van der Waals surface area contributed by atoms with E-state index in [0.29, 0.717) is 13.2 Å². The molecular weight excluding hydrogens is 878 g/mol. The number of hydrogen-bond donors (Lipinski definition) is 2. The van der Waals surface area contributed by atoms with E-state index >= 15 is 0 Å². The molecule has 0 spiro atoms. The maximum atomic E-state index is 12.5. The van der Waals surface area contributed by atoms with Gasteiger partial charge in [0.15, 0.2) is 11.6 Å². The van der Waals surface area contributed by atoms with Crippen molar-refractivity contribution in [3.63, 3.8) is 0 Å². The van der Waals surface area contributed by atoms with Crippen molar-refractivity contribution in [2.24, 2.45) is 47.3 Å². The molecule has 10 aliphatic carbocycles. The molecule has 0 aromatic heterocycles. The Morgan fingerprint density at radius 2 is 0.769 bits per heavy atom. The zero-order valence-electron chi connectivity index (χ0n) is 28.9. The van der Waals surface area contributed by atoms with Crippen molar-refractivity contribution in [2.45, 2.75) is 48.5 Å². The minimum Gasteiger partial charge on any atom is -0.496 e. The second kappa shape index (κ2) is 11.5. The summed E-state index contributed by atoms with van der Waals surface area (Å²) in [5, 5.41) is 24.9. The maximum absolute atomic E-state index is 12.5. The Bertz CT molecular complexity index is 1880. The molecule has 2 fully saturated rings. The lowest BCUT2D eigenvalue weighted by Gasteiger charge is -2.52. The molecule has 266 valence electrons. The molecule has 6 nitrogen and oxygen atoms in total. The van der Waals surface area contributed by atoms with Crippen LogP contribution in [0.1, 0.15) is 57.1 Å². The molecule has 0 radical (unpaired) electrons. The summed E-state index contributed by atoms with van der Waals surface area (Å²) in [6.07, 6.45) is 18.3. The van der Waals surface area contributed by atoms with Crippen LogP contribution in [0.3, 0.4) is 0 Å². The van der Waals surface area contributed by atoms with Crippen LogP contribution in [-0.2, 0) is 22.7 Å². The Kier molecular flexibility index (Phi) is 7.29. The van der Waals surface area contributed by atoms with Crippen LogP contribution in [0.5, 0.6) is 11.5 Å². The van der Waals surface area contributed by atoms with Gasteiger partial charge in [-0.1, -0.05) is 72.9 Å². The monoisotopic (exact) mass is 918 g/mol. The number of hydrogen-bond acceptors (Lipinski definition) is 6. The highest BCUT2D eigenvalue weighted by atomic mass is 127. The predicted octanol–water partition coefficient (Wildman–Crippen LogP) is 8.32. The van der Waals surface area contributed by atoms with Gasteiger partial charge in [0.2, 0.25) is 0 Å². The smallest absolute Gasteiger partial charge is 0.179 e. The summed E-state index contributed by atoms with van der Waals surface area (Å²) in [5.74, 6) is -0.139. The zero-order valence-corrected chi connectivity index (χ0v) is 33.2. The Balaban J connectivity index is 0.978. The van der Waals surface area contributed by atoms with E-state index in [1.165, 1.54) is 29.4 Å². The number of halogens is 2. The van der Waals surface area contributed by atoms with Gasteiger partial charge < -0.3 is 29.2 Å². The van der Waals surface area contributed by atoms with Crippen molar-refractivity contribution in [3.05, 3.63) is 138 Å². The third kappa shape index (κ3) is 4.14. The fraction of sp³-hybridized carbons (Fsp3) is 0.409. The number of methoxy groups -OCH3 is 2. The van der Waals surface area contributed by atoms with Crippen LogP contribution in [0.2, 0.25) is 0 Å². The Hall–Kier alpha value is -2.48. The van der Waals surface area contributed by atoms with Crippen LogP contribution < -0.4 is 9.47 Å². The second-order valence-corrected chi connectivity index (χ2v) is 18.6. The van der Waals surface area contributed by atoms with E-state index in [1.54, 1.807) is 0 Å². The summed E-state index contributed by atoms with van der Waals surface area (Å²) in [6, 6.07) is 16.7. The van der Waals surface area contributed by atoms with Crippen LogP contribution in [0.15, 0.2) is 97.1 Å². The first-order valence-corrected chi connectivity index (χ1v) is 20.7. The van der Waals surface area contributed by atoms with Gasteiger partial charge in [0, 0.05) is 76.7 Å². The van der Waals surface area contributed by atoms with Crippen LogP contribution >= 0.6 is 45.2 Å². The van der Waals surface area contributed by atoms with Crippen molar-refractivity contribution in [2.75, 3.05) is 14.2 Å². The van der Waals surface area contributed by atoms with E-state index < -0.39 is 11.6 Å². The fourth-order valence-electron chi connectivity index (χ4n) is 12.5. The fourth-order valence-corrected chi connectivity index (χ4v) is 13.3. The minimum atomic E-state index is -1.27. The van der Waals surface area contributed by atoms with E-state index in [0.717, 1.165) is 22.6 Å². The van der Waals surface area contributed by atoms with Crippen molar-refractivity contribution in [1.82, 2.24) is 0 Å². The van der Waals surface area contributed by atoms with Gasteiger partial charge in [-0.15, -0.1) is 0 Å². The summed E-state index contributed by atoms with van der Waals surface area (Å²) in [5.41, 5.74) is 6.99. The summed E-state index contributed by atoms with van der Waals surface area (Å²) >= 11 is 4.63. The van der Waals surface area contributed by atoms with E-state index in [2.05, 4.69) is 142 Å². The molecule has 0 saturated heterocycles. The van der Waals surface area contributed by atoms with E-state index in [1.807, 2.05) is 14.2 Å². The van der Waals surface area contributed by atoms with Gasteiger partial charge in [0.05, 0.1) is 27.4 Å². The average molecular weight is 919 g/mol. The largest absolute Gasteiger partial charge is 0.496 e. The van der Waals surface area contributed by atoms with Gasteiger partial charge in [0.25, 0.3) is 0 Å². The van der Waals surface area contributed by atoms with Gasteiger partial charge in [-0.25, -0.2) is 0 Å². The highest BCUT2D eigenvalue weighted by molar-refractivity contribution is 14.1. The lowest BCUT2D eigenvalue weighted by atomic mass is 9.52. The Labute approximate surface area is 331 Å². The average Bonchev–Trinajstić information content (AvgIpc) is 3.85. The molecular formula is C44H40I2O6. The normalized spacial score (nSPS) is 41.0. The lowest BCUT2D eigenvalue weighted by molar-refractivity contribution is -0.238. The summed E-state index contributed by atoms with van der Waals surface area (Å²) < 4.78 is 28.6. The van der Waals surface area contributed by atoms with Gasteiger partial charge in [0.1, 0.15) is 11.5 Å². The predicted molar refractivity (Wildman–Crippen MR) is 213 cm³/mol. The van der Waals surface area contributed by atoms with Crippen LogP contribution in [0, 0.1) is 54.5 Å². The molecule has 52 heavy (non-hydrogen) atoms. The molecule has 2 N–H and O–H groups in total. The number of ether oxygens (including phenoxy) is 4. The molecule has 10 aliphatic rings. The summed E-state index contributed by atoms with van der Waals surface area (Å²) in [7, 11) is 3.63. The maximum Gasteiger partial charge on any atom is 0.179 e. The molecule has 13 rings (SSSR count). The molecule has 12 unspecified atom stereocenters. The molecule has 2 saturated carbocycles. The first-order valence-electron chi connectivity index (χ1n) is 18.5. The first kappa shape index (κ1) is 32.9. The lowest BCUT2D eigenvalue weighted by Crippen LogP contribution is -2.41. The third-order valence-electron chi connectivity index (χ3n) is 14.3. The molecule has 3 aromatic carbocycles. The van der Waals surface area contributed by atoms with Crippen LogP contribution in [0.4, 0.5) is 0 Å². The van der Waals surface area contributed by atoms with Crippen LogP contribution in [0.25, 0.3) is 0 Å². The molecule has 8 heteroatoms. The second-order valence-electron chi connectivity index (χ2n) is 16.1. The van der Waals surface area contributed by atoms with Crippen LogP contribution in [-0.4, -0.2) is 36.0 Å². The van der Waals surface area contributed by atoms with Crippen molar-refractivity contribution in [1.29, 1.82) is 0 Å². The molecule has 0 aliphatic heterocycles. The molecule has 8 bridgehead atoms. The topological polar surface area (TPSA) is 77.4 Å². The minimum absolute atomic E-state index is 0.0573. The first-order chi connectivity index (χ1) is 25.3. The highest BCUT2D eigenvalue weighted by Crippen LogP contribution is 2.75. The van der Waals surface area contributed by atoms with Gasteiger partial charge in [-0.2, -0.15) is 0 Å². The van der Waals surface area contributed by atoms with Crippen molar-refractivity contribution >= 4 is 45.2 Å². The van der Waals surface area contributed by atoms with Crippen molar-refractivity contribution < 1.29 is 29.2 Å². The SMILES string of the molecule is COc1c2c(c(OC)c3c1C1C=CC3C3C1C1C=CC3C1(O)OCc1ccc(I)cc1)C1C=CC2C2C1C1C=CC2C1(O)OCc1ccc(I)cc1. The van der Waals surface area contributed by atoms with Crippen molar-refractivity contribution in [3.8, 4) is 11.5 Å². The zero-order chi connectivity index (χ0) is 35.3. The number of allylic oxidation sites excluding steroid dienone is 4. The third-order valence-corrected chi connectivity index (χ3v) is 15.7.